The van der Waals surface area contributed by atoms with E-state index >= 15 is 0 Å². The second kappa shape index (κ2) is 3.72. The predicted molar refractivity (Wildman–Crippen MR) is 46.7 cm³/mol. The van der Waals surface area contributed by atoms with E-state index < -0.39 is 17.1 Å². The third-order valence-corrected chi connectivity index (χ3v) is 1.70. The van der Waals surface area contributed by atoms with E-state index in [-0.39, 0.29) is 18.1 Å². The standard InChI is InChI=1S/C7H11N3O4/c1-7(12,4-11)2-5-8-3-6(9-5)10(13)14/h3,11-12H,2,4H2,1H3,(H,8,9). The number of imidazole rings is 1. The molecule has 0 amide bonds. The van der Waals surface area contributed by atoms with Crippen LogP contribution in [0.4, 0.5) is 5.82 Å². The summed E-state index contributed by atoms with van der Waals surface area (Å²) < 4.78 is 0. The molecule has 14 heavy (non-hydrogen) atoms. The van der Waals surface area contributed by atoms with Crippen LogP contribution in [0, 0.1) is 10.1 Å². The van der Waals surface area contributed by atoms with Crippen molar-refractivity contribution in [1.29, 1.82) is 0 Å². The van der Waals surface area contributed by atoms with Gasteiger partial charge in [0.1, 0.15) is 6.20 Å². The predicted octanol–water partition coefficient (Wildman–Crippen LogP) is -0.396. The van der Waals surface area contributed by atoms with E-state index in [1.165, 1.54) is 6.92 Å². The van der Waals surface area contributed by atoms with Gasteiger partial charge in [0.2, 0.25) is 0 Å². The van der Waals surface area contributed by atoms with Gasteiger partial charge in [-0.2, -0.15) is 0 Å². The van der Waals surface area contributed by atoms with Crippen molar-refractivity contribution >= 4 is 5.82 Å². The van der Waals surface area contributed by atoms with Crippen molar-refractivity contribution in [2.75, 3.05) is 6.61 Å². The van der Waals surface area contributed by atoms with Crippen molar-refractivity contribution in [1.82, 2.24) is 9.97 Å². The minimum atomic E-state index is -1.31. The zero-order chi connectivity index (χ0) is 10.8. The first-order valence-electron chi connectivity index (χ1n) is 3.96. The number of aliphatic hydroxyl groups is 2. The van der Waals surface area contributed by atoms with E-state index in [4.69, 9.17) is 5.11 Å². The molecule has 1 unspecified atom stereocenters. The number of hydrogen-bond donors (Lipinski definition) is 3. The van der Waals surface area contributed by atoms with Crippen molar-refractivity contribution in [3.8, 4) is 0 Å². The fourth-order valence-electron chi connectivity index (χ4n) is 0.951. The molecule has 1 rings (SSSR count). The van der Waals surface area contributed by atoms with Crippen LogP contribution < -0.4 is 0 Å². The molecule has 78 valence electrons. The Kier molecular flexibility index (Phi) is 2.82. The fraction of sp³-hybridized carbons (Fsp3) is 0.571. The molecule has 0 radical (unpaired) electrons. The van der Waals surface area contributed by atoms with Crippen LogP contribution in [0.2, 0.25) is 0 Å². The second-order valence-electron chi connectivity index (χ2n) is 3.30. The normalized spacial score (nSPS) is 15.1. The number of nitro groups is 1. The molecule has 0 aliphatic carbocycles. The summed E-state index contributed by atoms with van der Waals surface area (Å²) in [7, 11) is 0. The number of nitrogens with one attached hydrogen (secondary N) is 1. The lowest BCUT2D eigenvalue weighted by Crippen LogP contribution is -2.32. The van der Waals surface area contributed by atoms with E-state index in [0.29, 0.717) is 0 Å². The van der Waals surface area contributed by atoms with Crippen molar-refractivity contribution < 1.29 is 15.1 Å². The lowest BCUT2D eigenvalue weighted by molar-refractivity contribution is -0.389. The topological polar surface area (TPSA) is 112 Å². The molecule has 0 aliphatic rings. The number of H-pyrrole nitrogens is 1. The third kappa shape index (κ3) is 2.51. The molecular weight excluding hydrogens is 190 g/mol. The first-order chi connectivity index (χ1) is 6.44. The van der Waals surface area contributed by atoms with Crippen molar-refractivity contribution in [2.24, 2.45) is 0 Å². The lowest BCUT2D eigenvalue weighted by Gasteiger charge is -2.16. The number of aliphatic hydroxyl groups excluding tert-OH is 1. The Balaban J connectivity index is 2.73. The molecule has 0 spiro atoms. The molecule has 7 heteroatoms. The van der Waals surface area contributed by atoms with Crippen LogP contribution in [0.3, 0.4) is 0 Å². The molecule has 0 aromatic carbocycles. The molecule has 0 saturated carbocycles. The fourth-order valence-corrected chi connectivity index (χ4v) is 0.951. The zero-order valence-corrected chi connectivity index (χ0v) is 7.60. The summed E-state index contributed by atoms with van der Waals surface area (Å²) >= 11 is 0. The van der Waals surface area contributed by atoms with E-state index in [1.54, 1.807) is 0 Å². The molecule has 1 heterocycles. The maximum absolute atomic E-state index is 10.3. The largest absolute Gasteiger partial charge is 0.393 e. The average molecular weight is 201 g/mol. The molecular formula is C7H11N3O4. The van der Waals surface area contributed by atoms with Crippen LogP contribution in [0.15, 0.2) is 6.20 Å². The monoisotopic (exact) mass is 201 g/mol. The van der Waals surface area contributed by atoms with Crippen LogP contribution in [-0.4, -0.2) is 37.3 Å². The summed E-state index contributed by atoms with van der Waals surface area (Å²) in [6.45, 7) is 0.989. The van der Waals surface area contributed by atoms with Gasteiger partial charge in [-0.3, -0.25) is 0 Å². The molecule has 3 N–H and O–H groups in total. The number of aromatic nitrogens is 2. The minimum absolute atomic E-state index is 0.0390. The second-order valence-corrected chi connectivity index (χ2v) is 3.30. The number of nitrogens with zero attached hydrogens (tertiary/aromatic N) is 2. The number of hydrogen-bond acceptors (Lipinski definition) is 5. The summed E-state index contributed by atoms with van der Waals surface area (Å²) in [5.41, 5.74) is -1.31. The van der Waals surface area contributed by atoms with E-state index in [9.17, 15) is 15.2 Å². The van der Waals surface area contributed by atoms with E-state index in [1.807, 2.05) is 0 Å². The van der Waals surface area contributed by atoms with E-state index in [2.05, 4.69) is 9.97 Å². The van der Waals surface area contributed by atoms with Crippen molar-refractivity contribution in [2.45, 2.75) is 18.9 Å². The molecule has 7 nitrogen and oxygen atoms in total. The van der Waals surface area contributed by atoms with Crippen LogP contribution in [-0.2, 0) is 6.42 Å². The average Bonchev–Trinajstić information content (AvgIpc) is 2.52. The lowest BCUT2D eigenvalue weighted by atomic mass is 10.0. The molecule has 1 aromatic rings. The van der Waals surface area contributed by atoms with Gasteiger partial charge in [0.15, 0.2) is 5.82 Å². The SMILES string of the molecule is CC(O)(CO)Cc1ncc([N+](=O)[O-])[nH]1. The van der Waals surface area contributed by atoms with Crippen LogP contribution in [0.25, 0.3) is 0 Å². The Morgan fingerprint density at radius 2 is 2.43 bits per heavy atom. The highest BCUT2D eigenvalue weighted by molar-refractivity contribution is 5.15. The van der Waals surface area contributed by atoms with Gasteiger partial charge in [-0.15, -0.1) is 0 Å². The Labute approximate surface area is 79.6 Å². The molecule has 1 atom stereocenters. The smallest absolute Gasteiger partial charge is 0.340 e. The zero-order valence-electron chi connectivity index (χ0n) is 7.60. The van der Waals surface area contributed by atoms with Crippen molar-refractivity contribution in [3.63, 3.8) is 0 Å². The van der Waals surface area contributed by atoms with E-state index in [0.717, 1.165) is 6.20 Å². The minimum Gasteiger partial charge on any atom is -0.393 e. The third-order valence-electron chi connectivity index (χ3n) is 1.70. The quantitative estimate of drug-likeness (QED) is 0.453. The van der Waals surface area contributed by atoms with Gasteiger partial charge in [0.05, 0.1) is 18.6 Å². The summed E-state index contributed by atoms with van der Waals surface area (Å²) in [6, 6.07) is 0. The van der Waals surface area contributed by atoms with Gasteiger partial charge in [0, 0.05) is 0 Å². The van der Waals surface area contributed by atoms with Crippen LogP contribution in [0.1, 0.15) is 12.7 Å². The van der Waals surface area contributed by atoms with Crippen molar-refractivity contribution in [3.05, 3.63) is 22.1 Å². The summed E-state index contributed by atoms with van der Waals surface area (Å²) in [6.07, 6.45) is 1.11. The highest BCUT2D eigenvalue weighted by Gasteiger charge is 2.23. The first-order valence-corrected chi connectivity index (χ1v) is 3.96. The van der Waals surface area contributed by atoms with Gasteiger partial charge in [-0.1, -0.05) is 0 Å². The Morgan fingerprint density at radius 1 is 1.79 bits per heavy atom. The maximum Gasteiger partial charge on any atom is 0.340 e. The molecule has 0 fully saturated rings. The maximum atomic E-state index is 10.3. The summed E-state index contributed by atoms with van der Waals surface area (Å²) in [4.78, 5) is 15.8. The van der Waals surface area contributed by atoms with Gasteiger partial charge in [-0.05, 0) is 11.8 Å². The summed E-state index contributed by atoms with van der Waals surface area (Å²) in [5, 5.41) is 28.5. The van der Waals surface area contributed by atoms with Gasteiger partial charge in [-0.25, -0.2) is 9.97 Å². The number of rotatable bonds is 4. The van der Waals surface area contributed by atoms with Gasteiger partial charge >= 0.3 is 5.82 Å². The molecule has 1 aromatic heterocycles. The first kappa shape index (κ1) is 10.6. The number of aromatic amines is 1. The van der Waals surface area contributed by atoms with Crippen LogP contribution >= 0.6 is 0 Å². The van der Waals surface area contributed by atoms with Crippen LogP contribution in [0.5, 0.6) is 0 Å². The highest BCUT2D eigenvalue weighted by atomic mass is 16.6. The van der Waals surface area contributed by atoms with Gasteiger partial charge < -0.3 is 20.3 Å². The Morgan fingerprint density at radius 3 is 2.86 bits per heavy atom. The molecule has 0 bridgehead atoms. The summed E-state index contributed by atoms with van der Waals surface area (Å²) in [5.74, 6) is 0.0458. The molecule has 0 aliphatic heterocycles. The van der Waals surface area contributed by atoms with Gasteiger partial charge in [0.25, 0.3) is 0 Å². The Hall–Kier alpha value is -1.47. The Bertz CT molecular complexity index is 333. The molecule has 0 saturated heterocycles. The highest BCUT2D eigenvalue weighted by Crippen LogP contribution is 2.12.